The number of ether oxygens (including phenoxy) is 2. The highest BCUT2D eigenvalue weighted by Gasteiger charge is 2.18. The summed E-state index contributed by atoms with van der Waals surface area (Å²) in [6.07, 6.45) is 2.52. The number of methoxy groups -OCH3 is 2. The van der Waals surface area contributed by atoms with E-state index in [0.29, 0.717) is 17.1 Å². The molecular formula is C14H15NO3. The van der Waals surface area contributed by atoms with Crippen LogP contribution in [0.2, 0.25) is 0 Å². The van der Waals surface area contributed by atoms with Crippen molar-refractivity contribution >= 4 is 0 Å². The van der Waals surface area contributed by atoms with E-state index in [1.807, 2.05) is 12.1 Å². The van der Waals surface area contributed by atoms with E-state index in [1.54, 1.807) is 44.8 Å². The molecule has 4 heteroatoms. The Morgan fingerprint density at radius 2 is 1.78 bits per heavy atom. The number of para-hydroxylation sites is 1. The minimum atomic E-state index is -0.766. The molecule has 0 aliphatic carbocycles. The van der Waals surface area contributed by atoms with E-state index in [2.05, 4.69) is 4.98 Å². The third-order valence-electron chi connectivity index (χ3n) is 2.75. The molecule has 0 radical (unpaired) electrons. The van der Waals surface area contributed by atoms with Crippen molar-refractivity contribution < 1.29 is 14.6 Å². The molecule has 94 valence electrons. The summed E-state index contributed by atoms with van der Waals surface area (Å²) in [5.74, 6) is 1.15. The van der Waals surface area contributed by atoms with Gasteiger partial charge in [0.15, 0.2) is 11.5 Å². The Balaban J connectivity index is 2.45. The molecule has 0 aliphatic heterocycles. The van der Waals surface area contributed by atoms with Crippen LogP contribution in [0.15, 0.2) is 42.7 Å². The Morgan fingerprint density at radius 3 is 2.39 bits per heavy atom. The molecule has 0 bridgehead atoms. The Hall–Kier alpha value is -2.07. The quantitative estimate of drug-likeness (QED) is 0.897. The van der Waals surface area contributed by atoms with Gasteiger partial charge < -0.3 is 14.6 Å². The van der Waals surface area contributed by atoms with Crippen LogP contribution < -0.4 is 9.47 Å². The van der Waals surface area contributed by atoms with Crippen LogP contribution in [0.4, 0.5) is 0 Å². The third-order valence-corrected chi connectivity index (χ3v) is 2.75. The van der Waals surface area contributed by atoms with Crippen molar-refractivity contribution in [3.8, 4) is 11.5 Å². The van der Waals surface area contributed by atoms with Crippen LogP contribution in [0.3, 0.4) is 0 Å². The molecule has 4 nitrogen and oxygen atoms in total. The second-order valence-electron chi connectivity index (χ2n) is 3.77. The molecule has 1 aromatic heterocycles. The average Bonchev–Trinajstić information content (AvgIpc) is 2.46. The molecular weight excluding hydrogens is 230 g/mol. The minimum Gasteiger partial charge on any atom is -0.493 e. The van der Waals surface area contributed by atoms with Crippen LogP contribution in [0.25, 0.3) is 0 Å². The lowest BCUT2D eigenvalue weighted by molar-refractivity contribution is 0.213. The highest BCUT2D eigenvalue weighted by molar-refractivity contribution is 5.49. The van der Waals surface area contributed by atoms with Crippen LogP contribution in [-0.2, 0) is 0 Å². The fraction of sp³-hybridized carbons (Fsp3) is 0.214. The van der Waals surface area contributed by atoms with Gasteiger partial charge in [-0.25, -0.2) is 0 Å². The molecule has 18 heavy (non-hydrogen) atoms. The van der Waals surface area contributed by atoms with E-state index in [-0.39, 0.29) is 0 Å². The topological polar surface area (TPSA) is 51.6 Å². The second kappa shape index (κ2) is 5.51. The smallest absolute Gasteiger partial charge is 0.166 e. The highest BCUT2D eigenvalue weighted by atomic mass is 16.5. The number of hydrogen-bond donors (Lipinski definition) is 1. The van der Waals surface area contributed by atoms with Gasteiger partial charge in [-0.15, -0.1) is 0 Å². The molecule has 1 aromatic carbocycles. The summed E-state index contributed by atoms with van der Waals surface area (Å²) >= 11 is 0. The Kier molecular flexibility index (Phi) is 3.79. The largest absolute Gasteiger partial charge is 0.493 e. The predicted octanol–water partition coefficient (Wildman–Crippen LogP) is 2.18. The number of aromatic nitrogens is 1. The second-order valence-corrected chi connectivity index (χ2v) is 3.77. The van der Waals surface area contributed by atoms with Gasteiger partial charge in [-0.2, -0.15) is 0 Å². The summed E-state index contributed by atoms with van der Waals surface area (Å²) in [4.78, 5) is 3.93. The van der Waals surface area contributed by atoms with Gasteiger partial charge in [0.25, 0.3) is 0 Å². The summed E-state index contributed by atoms with van der Waals surface area (Å²) in [5.41, 5.74) is 1.43. The zero-order chi connectivity index (χ0) is 13.0. The van der Waals surface area contributed by atoms with Crippen molar-refractivity contribution in [1.82, 2.24) is 4.98 Å². The maximum atomic E-state index is 10.4. The summed E-state index contributed by atoms with van der Waals surface area (Å²) < 4.78 is 10.5. The van der Waals surface area contributed by atoms with Crippen LogP contribution >= 0.6 is 0 Å². The number of hydrogen-bond acceptors (Lipinski definition) is 4. The van der Waals surface area contributed by atoms with E-state index >= 15 is 0 Å². The normalized spacial score (nSPS) is 11.9. The van der Waals surface area contributed by atoms with Crippen molar-refractivity contribution in [2.24, 2.45) is 0 Å². The molecule has 2 aromatic rings. The van der Waals surface area contributed by atoms with Gasteiger partial charge in [0.2, 0.25) is 0 Å². The van der Waals surface area contributed by atoms with Crippen molar-refractivity contribution in [1.29, 1.82) is 0 Å². The van der Waals surface area contributed by atoms with Crippen molar-refractivity contribution in [3.63, 3.8) is 0 Å². The minimum absolute atomic E-state index is 0.546. The van der Waals surface area contributed by atoms with Crippen molar-refractivity contribution in [2.45, 2.75) is 6.10 Å². The first-order valence-corrected chi connectivity index (χ1v) is 5.56. The molecule has 0 saturated heterocycles. The highest BCUT2D eigenvalue weighted by Crippen LogP contribution is 2.36. The zero-order valence-electron chi connectivity index (χ0n) is 10.3. The van der Waals surface area contributed by atoms with E-state index in [0.717, 1.165) is 5.56 Å². The molecule has 1 heterocycles. The average molecular weight is 245 g/mol. The summed E-state index contributed by atoms with van der Waals surface area (Å²) in [7, 11) is 3.13. The zero-order valence-corrected chi connectivity index (χ0v) is 10.3. The van der Waals surface area contributed by atoms with Gasteiger partial charge in [0.1, 0.15) is 6.10 Å². The van der Waals surface area contributed by atoms with E-state index in [9.17, 15) is 5.11 Å². The maximum Gasteiger partial charge on any atom is 0.166 e. The molecule has 0 fully saturated rings. The molecule has 2 rings (SSSR count). The number of aliphatic hydroxyl groups is 1. The monoisotopic (exact) mass is 245 g/mol. The number of pyridine rings is 1. The van der Waals surface area contributed by atoms with Crippen LogP contribution in [0, 0.1) is 0 Å². The molecule has 0 aliphatic rings. The predicted molar refractivity (Wildman–Crippen MR) is 67.8 cm³/mol. The summed E-state index contributed by atoms with van der Waals surface area (Å²) in [6.45, 7) is 0. The molecule has 0 unspecified atom stereocenters. The van der Waals surface area contributed by atoms with Gasteiger partial charge in [-0.3, -0.25) is 4.98 Å². The first-order valence-electron chi connectivity index (χ1n) is 5.56. The molecule has 1 N–H and O–H groups in total. The SMILES string of the molecule is COc1cccc([C@H](O)c2ccncc2)c1OC. The molecule has 0 saturated carbocycles. The summed E-state index contributed by atoms with van der Waals surface area (Å²) in [6, 6.07) is 8.96. The van der Waals surface area contributed by atoms with Crippen LogP contribution in [-0.4, -0.2) is 24.3 Å². The third kappa shape index (κ3) is 2.28. The van der Waals surface area contributed by atoms with Gasteiger partial charge in [0.05, 0.1) is 14.2 Å². The summed E-state index contributed by atoms with van der Waals surface area (Å²) in [5, 5.41) is 10.4. The lowest BCUT2D eigenvalue weighted by Gasteiger charge is -2.17. The lowest BCUT2D eigenvalue weighted by atomic mass is 10.0. The fourth-order valence-electron chi connectivity index (χ4n) is 1.85. The Morgan fingerprint density at radius 1 is 1.06 bits per heavy atom. The molecule has 1 atom stereocenters. The van der Waals surface area contributed by atoms with Crippen LogP contribution in [0.1, 0.15) is 17.2 Å². The fourth-order valence-corrected chi connectivity index (χ4v) is 1.85. The van der Waals surface area contributed by atoms with Gasteiger partial charge in [-0.1, -0.05) is 12.1 Å². The van der Waals surface area contributed by atoms with Gasteiger partial charge in [-0.05, 0) is 23.8 Å². The first-order chi connectivity index (χ1) is 8.77. The number of nitrogens with zero attached hydrogens (tertiary/aromatic N) is 1. The number of benzene rings is 1. The molecule has 0 spiro atoms. The number of rotatable bonds is 4. The van der Waals surface area contributed by atoms with E-state index in [4.69, 9.17) is 9.47 Å². The van der Waals surface area contributed by atoms with Crippen molar-refractivity contribution in [2.75, 3.05) is 14.2 Å². The van der Waals surface area contributed by atoms with E-state index < -0.39 is 6.10 Å². The Labute approximate surface area is 106 Å². The van der Waals surface area contributed by atoms with E-state index in [1.165, 1.54) is 0 Å². The lowest BCUT2D eigenvalue weighted by Crippen LogP contribution is -2.03. The first kappa shape index (κ1) is 12.4. The standard InChI is InChI=1S/C14H15NO3/c1-17-12-5-3-4-11(14(12)18-2)13(16)10-6-8-15-9-7-10/h3-9,13,16H,1-2H3/t13-/m1/s1. The van der Waals surface area contributed by atoms with Gasteiger partial charge in [0, 0.05) is 18.0 Å². The number of aliphatic hydroxyl groups excluding tert-OH is 1. The maximum absolute atomic E-state index is 10.4. The van der Waals surface area contributed by atoms with Crippen LogP contribution in [0.5, 0.6) is 11.5 Å². The molecule has 0 amide bonds. The Bertz CT molecular complexity index is 514. The van der Waals surface area contributed by atoms with Crippen molar-refractivity contribution in [3.05, 3.63) is 53.9 Å². The van der Waals surface area contributed by atoms with Gasteiger partial charge >= 0.3 is 0 Å².